The van der Waals surface area contributed by atoms with Crippen molar-refractivity contribution in [3.8, 4) is 0 Å². The fourth-order valence-electron chi connectivity index (χ4n) is 4.08. The molecule has 3 fully saturated rings. The average molecular weight is 336 g/mol. The first kappa shape index (κ1) is 16.3. The Balaban J connectivity index is 1.44. The van der Waals surface area contributed by atoms with E-state index in [0.717, 1.165) is 55.9 Å². The summed E-state index contributed by atoms with van der Waals surface area (Å²) in [5.74, 6) is 0.149. The lowest BCUT2D eigenvalue weighted by Gasteiger charge is -2.50. The van der Waals surface area contributed by atoms with Gasteiger partial charge in [-0.25, -0.2) is 0 Å². The third kappa shape index (κ3) is 3.75. The lowest BCUT2D eigenvalue weighted by Crippen LogP contribution is -2.68. The Kier molecular flexibility index (Phi) is 4.55. The van der Waals surface area contributed by atoms with Crippen LogP contribution in [0.4, 0.5) is 5.69 Å². The molecule has 1 N–H and O–H groups in total. The first-order chi connectivity index (χ1) is 12.2. The highest BCUT2D eigenvalue weighted by atomic mass is 16.2. The summed E-state index contributed by atoms with van der Waals surface area (Å²) in [5, 5.41) is 3.19. The maximum absolute atomic E-state index is 12.7. The van der Waals surface area contributed by atoms with Crippen LogP contribution in [0.25, 0.3) is 0 Å². The van der Waals surface area contributed by atoms with Crippen molar-refractivity contribution >= 4 is 11.6 Å². The summed E-state index contributed by atoms with van der Waals surface area (Å²) in [6, 6.07) is 18.6. The SMILES string of the molecule is O=C(C[N+]12CCN(CC1)CC2)Nc1ccccc1Cc1ccccc1. The average Bonchev–Trinajstić information content (AvgIpc) is 2.65. The van der Waals surface area contributed by atoms with Gasteiger partial charge in [0.25, 0.3) is 5.91 Å². The van der Waals surface area contributed by atoms with Crippen molar-refractivity contribution in [2.24, 2.45) is 0 Å². The molecule has 0 unspecified atom stereocenters. The van der Waals surface area contributed by atoms with E-state index in [1.807, 2.05) is 24.3 Å². The van der Waals surface area contributed by atoms with Gasteiger partial charge in [0.05, 0.1) is 19.6 Å². The molecule has 25 heavy (non-hydrogen) atoms. The summed E-state index contributed by atoms with van der Waals surface area (Å²) in [7, 11) is 0. The molecule has 3 aliphatic rings. The summed E-state index contributed by atoms with van der Waals surface area (Å²) in [6.07, 6.45) is 0.840. The first-order valence-corrected chi connectivity index (χ1v) is 9.22. The van der Waals surface area contributed by atoms with E-state index in [2.05, 4.69) is 40.5 Å². The van der Waals surface area contributed by atoms with E-state index < -0.39 is 0 Å². The summed E-state index contributed by atoms with van der Waals surface area (Å²) >= 11 is 0. The molecule has 4 nitrogen and oxygen atoms in total. The van der Waals surface area contributed by atoms with Gasteiger partial charge in [-0.1, -0.05) is 48.5 Å². The number of piperazine rings is 3. The molecule has 0 radical (unpaired) electrons. The maximum atomic E-state index is 12.7. The number of carbonyl (C=O) groups excluding carboxylic acids is 1. The number of fused-ring (bicyclic) bond motifs is 3. The van der Waals surface area contributed by atoms with Gasteiger partial charge in [-0.15, -0.1) is 0 Å². The van der Waals surface area contributed by atoms with Crippen LogP contribution in [0.5, 0.6) is 0 Å². The van der Waals surface area contributed by atoms with Crippen LogP contribution in [-0.4, -0.2) is 61.1 Å². The highest BCUT2D eigenvalue weighted by molar-refractivity contribution is 5.92. The van der Waals surface area contributed by atoms with Crippen molar-refractivity contribution in [1.82, 2.24) is 4.90 Å². The zero-order chi connectivity index (χ0) is 17.1. The molecule has 4 heteroatoms. The van der Waals surface area contributed by atoms with Gasteiger partial charge in [0.2, 0.25) is 0 Å². The van der Waals surface area contributed by atoms with Gasteiger partial charge in [0, 0.05) is 25.3 Å². The number of benzene rings is 2. The van der Waals surface area contributed by atoms with Gasteiger partial charge in [-0.3, -0.25) is 9.69 Å². The van der Waals surface area contributed by atoms with Crippen LogP contribution < -0.4 is 5.32 Å². The Hall–Kier alpha value is -2.17. The van der Waals surface area contributed by atoms with Crippen LogP contribution in [0.1, 0.15) is 11.1 Å². The maximum Gasteiger partial charge on any atom is 0.279 e. The third-order valence-electron chi connectivity index (χ3n) is 5.68. The second-order valence-corrected chi connectivity index (χ2v) is 7.38. The summed E-state index contributed by atoms with van der Waals surface area (Å²) in [6.45, 7) is 7.35. The van der Waals surface area contributed by atoms with Gasteiger partial charge < -0.3 is 9.80 Å². The molecular weight excluding hydrogens is 310 g/mol. The number of nitrogens with zero attached hydrogens (tertiary/aromatic N) is 2. The van der Waals surface area contributed by atoms with Crippen LogP contribution in [0.15, 0.2) is 54.6 Å². The van der Waals surface area contributed by atoms with Crippen molar-refractivity contribution < 1.29 is 9.28 Å². The fraction of sp³-hybridized carbons (Fsp3) is 0.381. The molecule has 2 aromatic rings. The second kappa shape index (κ2) is 6.98. The minimum atomic E-state index is 0.149. The Morgan fingerprint density at radius 2 is 1.56 bits per heavy atom. The fourth-order valence-corrected chi connectivity index (χ4v) is 4.08. The standard InChI is InChI=1S/C21H25N3O/c25-21(17-24-13-10-23(11-14-24)12-15-24)22-20-9-5-4-8-19(20)16-18-6-2-1-3-7-18/h1-9H,10-17H2/p+1. The number of hydrogen-bond donors (Lipinski definition) is 1. The highest BCUT2D eigenvalue weighted by Crippen LogP contribution is 2.22. The number of hydrogen-bond acceptors (Lipinski definition) is 2. The van der Waals surface area contributed by atoms with Crippen LogP contribution in [-0.2, 0) is 11.2 Å². The molecule has 1 amide bonds. The molecule has 0 aromatic heterocycles. The Morgan fingerprint density at radius 3 is 2.28 bits per heavy atom. The molecule has 2 aromatic carbocycles. The number of rotatable bonds is 5. The van der Waals surface area contributed by atoms with Crippen molar-refractivity contribution in [3.05, 3.63) is 65.7 Å². The minimum absolute atomic E-state index is 0.149. The molecule has 130 valence electrons. The van der Waals surface area contributed by atoms with Crippen LogP contribution in [0.2, 0.25) is 0 Å². The molecule has 0 aliphatic carbocycles. The zero-order valence-electron chi connectivity index (χ0n) is 14.7. The van der Waals surface area contributed by atoms with Gasteiger partial charge >= 0.3 is 0 Å². The summed E-state index contributed by atoms with van der Waals surface area (Å²) < 4.78 is 0.961. The van der Waals surface area contributed by atoms with E-state index in [4.69, 9.17) is 0 Å². The smallest absolute Gasteiger partial charge is 0.279 e. The monoisotopic (exact) mass is 336 g/mol. The summed E-state index contributed by atoms with van der Waals surface area (Å²) in [4.78, 5) is 15.2. The quantitative estimate of drug-likeness (QED) is 0.850. The minimum Gasteiger partial charge on any atom is -0.321 e. The lowest BCUT2D eigenvalue weighted by molar-refractivity contribution is -0.933. The Labute approximate surface area is 149 Å². The predicted octanol–water partition coefficient (Wildman–Crippen LogP) is 2.36. The Morgan fingerprint density at radius 1 is 0.920 bits per heavy atom. The number of anilines is 1. The molecule has 5 rings (SSSR count). The second-order valence-electron chi connectivity index (χ2n) is 7.38. The number of carbonyl (C=O) groups is 1. The van der Waals surface area contributed by atoms with E-state index in [9.17, 15) is 4.79 Å². The Bertz CT molecular complexity index is 722. The third-order valence-corrected chi connectivity index (χ3v) is 5.68. The molecule has 3 aliphatic heterocycles. The van der Waals surface area contributed by atoms with E-state index >= 15 is 0 Å². The van der Waals surface area contributed by atoms with Crippen molar-refractivity contribution in [1.29, 1.82) is 0 Å². The normalized spacial score (nSPS) is 24.9. The van der Waals surface area contributed by atoms with Crippen molar-refractivity contribution in [2.45, 2.75) is 6.42 Å². The topological polar surface area (TPSA) is 32.3 Å². The van der Waals surface area contributed by atoms with E-state index in [-0.39, 0.29) is 5.91 Å². The van der Waals surface area contributed by atoms with E-state index in [1.54, 1.807) is 0 Å². The summed E-state index contributed by atoms with van der Waals surface area (Å²) in [5.41, 5.74) is 3.38. The molecule has 3 saturated heterocycles. The van der Waals surface area contributed by atoms with Gasteiger partial charge in [0.1, 0.15) is 0 Å². The predicted molar refractivity (Wildman–Crippen MR) is 100 cm³/mol. The van der Waals surface area contributed by atoms with E-state index in [1.165, 1.54) is 11.1 Å². The van der Waals surface area contributed by atoms with Gasteiger partial charge in [-0.2, -0.15) is 0 Å². The highest BCUT2D eigenvalue weighted by Gasteiger charge is 2.39. The van der Waals surface area contributed by atoms with Crippen LogP contribution >= 0.6 is 0 Å². The van der Waals surface area contributed by atoms with E-state index in [0.29, 0.717) is 6.54 Å². The van der Waals surface area contributed by atoms with Gasteiger partial charge in [0.15, 0.2) is 6.54 Å². The number of para-hydroxylation sites is 1. The van der Waals surface area contributed by atoms with Crippen LogP contribution in [0.3, 0.4) is 0 Å². The first-order valence-electron chi connectivity index (χ1n) is 9.22. The van der Waals surface area contributed by atoms with Crippen LogP contribution in [0, 0.1) is 0 Å². The molecule has 0 spiro atoms. The molecule has 0 saturated carbocycles. The van der Waals surface area contributed by atoms with Gasteiger partial charge in [-0.05, 0) is 23.6 Å². The number of quaternary nitrogens is 1. The zero-order valence-corrected chi connectivity index (χ0v) is 14.7. The van der Waals surface area contributed by atoms with Crippen molar-refractivity contribution in [3.63, 3.8) is 0 Å². The molecule has 2 bridgehead atoms. The number of amides is 1. The molecule has 0 atom stereocenters. The van der Waals surface area contributed by atoms with Crippen molar-refractivity contribution in [2.75, 3.05) is 51.1 Å². The molecular formula is C21H26N3O+. The lowest BCUT2D eigenvalue weighted by atomic mass is 10.0. The number of nitrogens with one attached hydrogen (secondary N) is 1. The largest absolute Gasteiger partial charge is 0.321 e. The molecule has 3 heterocycles.